The molecular weight excluding hydrogens is 328 g/mol. The van der Waals surface area contributed by atoms with Crippen LogP contribution in [-0.2, 0) is 11.3 Å². The molecule has 0 aliphatic carbocycles. The maximum Gasteiger partial charge on any atom is 0.419 e. The number of ether oxygens (including phenoxy) is 2. The van der Waals surface area contributed by atoms with E-state index in [9.17, 15) is 4.79 Å². The summed E-state index contributed by atoms with van der Waals surface area (Å²) in [6.07, 6.45) is 5.27. The zero-order valence-electron chi connectivity index (χ0n) is 16.6. The van der Waals surface area contributed by atoms with E-state index >= 15 is 0 Å². The van der Waals surface area contributed by atoms with Gasteiger partial charge in [0.25, 0.3) is 0 Å². The molecule has 5 nitrogen and oxygen atoms in total. The molecule has 0 saturated carbocycles. The van der Waals surface area contributed by atoms with Crippen LogP contribution in [0.3, 0.4) is 0 Å². The molecule has 142 valence electrons. The van der Waals surface area contributed by atoms with Crippen LogP contribution in [0.4, 0.5) is 4.79 Å². The minimum atomic E-state index is -0.523. The van der Waals surface area contributed by atoms with Crippen molar-refractivity contribution < 1.29 is 14.3 Å². The largest absolute Gasteiger partial charge is 0.496 e. The van der Waals surface area contributed by atoms with Crippen molar-refractivity contribution in [3.05, 3.63) is 29.5 Å². The number of benzene rings is 1. The molecule has 1 aromatic heterocycles. The first kappa shape index (κ1) is 18.8. The summed E-state index contributed by atoms with van der Waals surface area (Å²) in [6, 6.07) is 4.04. The van der Waals surface area contributed by atoms with Crippen molar-refractivity contribution in [2.24, 2.45) is 0 Å². The summed E-state index contributed by atoms with van der Waals surface area (Å²) in [5.74, 6) is 0.891. The topological polar surface area (TPSA) is 43.7 Å². The van der Waals surface area contributed by atoms with Crippen LogP contribution in [0.25, 0.3) is 10.9 Å². The molecule has 2 heterocycles. The molecule has 1 aromatic carbocycles. The fourth-order valence-electron chi connectivity index (χ4n) is 3.71. The van der Waals surface area contributed by atoms with Crippen LogP contribution in [-0.4, -0.2) is 41.4 Å². The summed E-state index contributed by atoms with van der Waals surface area (Å²) >= 11 is 0. The lowest BCUT2D eigenvalue weighted by atomic mass is 10.0. The molecule has 1 aliphatic rings. The third-order valence-electron chi connectivity index (χ3n) is 4.87. The maximum atomic E-state index is 12.6. The van der Waals surface area contributed by atoms with Gasteiger partial charge >= 0.3 is 6.09 Å². The van der Waals surface area contributed by atoms with E-state index in [1.807, 2.05) is 46.0 Å². The third kappa shape index (κ3) is 3.88. The number of methoxy groups -OCH3 is 1. The quantitative estimate of drug-likeness (QED) is 0.796. The number of fused-ring (bicyclic) bond motifs is 1. The van der Waals surface area contributed by atoms with Gasteiger partial charge in [0.2, 0.25) is 0 Å². The van der Waals surface area contributed by atoms with Gasteiger partial charge in [0, 0.05) is 23.7 Å². The summed E-state index contributed by atoms with van der Waals surface area (Å²) in [5, 5.41) is 1.07. The lowest BCUT2D eigenvalue weighted by Gasteiger charge is -2.27. The predicted octanol–water partition coefficient (Wildman–Crippen LogP) is 4.73. The number of hydrogen-bond acceptors (Lipinski definition) is 4. The van der Waals surface area contributed by atoms with Gasteiger partial charge in [-0.1, -0.05) is 6.42 Å². The summed E-state index contributed by atoms with van der Waals surface area (Å²) in [5.41, 5.74) is 2.55. The second-order valence-electron chi connectivity index (χ2n) is 8.14. The highest BCUT2D eigenvalue weighted by atomic mass is 16.6. The average molecular weight is 358 g/mol. The predicted molar refractivity (Wildman–Crippen MR) is 104 cm³/mol. The van der Waals surface area contributed by atoms with Crippen molar-refractivity contribution in [1.29, 1.82) is 0 Å². The number of likely N-dealkylation sites (tertiary alicyclic amines) is 1. The molecule has 0 radical (unpaired) electrons. The Morgan fingerprint density at radius 3 is 2.50 bits per heavy atom. The zero-order valence-corrected chi connectivity index (χ0v) is 16.6. The lowest BCUT2D eigenvalue weighted by molar-refractivity contribution is 0.0544. The minimum absolute atomic E-state index is 0.343. The van der Waals surface area contributed by atoms with Crippen LogP contribution in [0.15, 0.2) is 18.3 Å². The molecule has 0 atom stereocenters. The highest BCUT2D eigenvalue weighted by Crippen LogP contribution is 2.34. The summed E-state index contributed by atoms with van der Waals surface area (Å²) in [7, 11) is 1.71. The van der Waals surface area contributed by atoms with E-state index in [-0.39, 0.29) is 6.09 Å². The van der Waals surface area contributed by atoms with Crippen LogP contribution in [0.1, 0.15) is 51.2 Å². The molecule has 0 spiro atoms. The molecule has 26 heavy (non-hydrogen) atoms. The van der Waals surface area contributed by atoms with E-state index in [1.54, 1.807) is 11.7 Å². The molecule has 1 saturated heterocycles. The molecule has 0 unspecified atom stereocenters. The van der Waals surface area contributed by atoms with Crippen molar-refractivity contribution in [3.8, 4) is 5.75 Å². The minimum Gasteiger partial charge on any atom is -0.496 e. The number of nitrogens with zero attached hydrogens (tertiary/aromatic N) is 2. The van der Waals surface area contributed by atoms with Gasteiger partial charge in [-0.05, 0) is 71.3 Å². The van der Waals surface area contributed by atoms with E-state index in [1.165, 1.54) is 19.3 Å². The van der Waals surface area contributed by atoms with Gasteiger partial charge in [-0.25, -0.2) is 4.79 Å². The molecule has 2 aromatic rings. The number of hydrogen-bond donors (Lipinski definition) is 0. The number of piperidine rings is 1. The molecule has 0 amide bonds. The van der Waals surface area contributed by atoms with Gasteiger partial charge in [-0.2, -0.15) is 0 Å². The van der Waals surface area contributed by atoms with Crippen LogP contribution < -0.4 is 4.74 Å². The summed E-state index contributed by atoms with van der Waals surface area (Å²) in [6.45, 7) is 10.7. The highest BCUT2D eigenvalue weighted by molar-refractivity contribution is 5.95. The first-order valence-electron chi connectivity index (χ1n) is 9.43. The lowest BCUT2D eigenvalue weighted by Crippen LogP contribution is -2.29. The van der Waals surface area contributed by atoms with Crippen molar-refractivity contribution in [2.75, 3.05) is 20.2 Å². The zero-order chi connectivity index (χ0) is 18.9. The molecule has 1 fully saturated rings. The van der Waals surface area contributed by atoms with E-state index in [0.717, 1.165) is 47.4 Å². The van der Waals surface area contributed by atoms with Crippen LogP contribution >= 0.6 is 0 Å². The Kier molecular flexibility index (Phi) is 5.28. The Labute approximate surface area is 155 Å². The number of rotatable bonds is 3. The SMILES string of the molecule is COc1cc(C)c2c(ccn2C(=O)OC(C)(C)C)c1CN1CCCCC1. The molecule has 5 heteroatoms. The Morgan fingerprint density at radius 1 is 1.19 bits per heavy atom. The fourth-order valence-corrected chi connectivity index (χ4v) is 3.71. The summed E-state index contributed by atoms with van der Waals surface area (Å²) < 4.78 is 12.9. The van der Waals surface area contributed by atoms with Crippen molar-refractivity contribution >= 4 is 17.0 Å². The Bertz CT molecular complexity index is 796. The van der Waals surface area contributed by atoms with E-state index < -0.39 is 5.60 Å². The molecular formula is C21H30N2O3. The van der Waals surface area contributed by atoms with Gasteiger partial charge in [-0.15, -0.1) is 0 Å². The number of aromatic nitrogens is 1. The normalized spacial score (nSPS) is 16.0. The third-order valence-corrected chi connectivity index (χ3v) is 4.87. The summed E-state index contributed by atoms with van der Waals surface area (Å²) in [4.78, 5) is 15.1. The van der Waals surface area contributed by atoms with Gasteiger partial charge in [0.05, 0.1) is 12.6 Å². The van der Waals surface area contributed by atoms with Gasteiger partial charge in [0.15, 0.2) is 0 Å². The van der Waals surface area contributed by atoms with Crippen LogP contribution in [0.5, 0.6) is 5.75 Å². The fraction of sp³-hybridized carbons (Fsp3) is 0.571. The van der Waals surface area contributed by atoms with Crippen molar-refractivity contribution in [1.82, 2.24) is 9.47 Å². The molecule has 1 aliphatic heterocycles. The first-order valence-corrected chi connectivity index (χ1v) is 9.43. The van der Waals surface area contributed by atoms with Crippen molar-refractivity contribution in [2.45, 2.75) is 59.1 Å². The Hall–Kier alpha value is -2.01. The van der Waals surface area contributed by atoms with Gasteiger partial charge in [0.1, 0.15) is 11.4 Å². The first-order chi connectivity index (χ1) is 12.3. The Balaban J connectivity index is 2.03. The monoisotopic (exact) mass is 358 g/mol. The molecule has 0 bridgehead atoms. The second kappa shape index (κ2) is 7.31. The van der Waals surface area contributed by atoms with Crippen molar-refractivity contribution in [3.63, 3.8) is 0 Å². The van der Waals surface area contributed by atoms with E-state index in [4.69, 9.17) is 9.47 Å². The molecule has 3 rings (SSSR count). The van der Waals surface area contributed by atoms with Gasteiger partial charge in [-0.3, -0.25) is 9.47 Å². The second-order valence-corrected chi connectivity index (χ2v) is 8.14. The maximum absolute atomic E-state index is 12.6. The average Bonchev–Trinajstić information content (AvgIpc) is 3.02. The number of aryl methyl sites for hydroxylation is 1. The standard InChI is InChI=1S/C21H30N2O3/c1-15-13-18(25-5)17(14-22-10-7-6-8-11-22)16-9-12-23(19(15)16)20(24)26-21(2,3)4/h9,12-13H,6-8,10-11,14H2,1-5H3. The molecule has 0 N–H and O–H groups in total. The number of carbonyl (C=O) groups excluding carboxylic acids is 1. The van der Waals surface area contributed by atoms with E-state index in [0.29, 0.717) is 0 Å². The Morgan fingerprint density at radius 2 is 1.88 bits per heavy atom. The highest BCUT2D eigenvalue weighted by Gasteiger charge is 2.23. The van der Waals surface area contributed by atoms with Crippen LogP contribution in [0.2, 0.25) is 0 Å². The smallest absolute Gasteiger partial charge is 0.419 e. The van der Waals surface area contributed by atoms with Gasteiger partial charge < -0.3 is 9.47 Å². The van der Waals surface area contributed by atoms with E-state index in [2.05, 4.69) is 4.90 Å². The van der Waals surface area contributed by atoms with Crippen LogP contribution in [0, 0.1) is 6.92 Å². The number of carbonyl (C=O) groups is 1.